The van der Waals surface area contributed by atoms with Crippen LogP contribution in [0.1, 0.15) is 57.9 Å². The number of nitrogens with one attached hydrogen (secondary N) is 1. The minimum absolute atomic E-state index is 0. The molecule has 0 bridgehead atoms. The summed E-state index contributed by atoms with van der Waals surface area (Å²) in [5.74, 6) is 1.59. The first-order chi connectivity index (χ1) is 14.5. The second kappa shape index (κ2) is 11.9. The van der Waals surface area contributed by atoms with E-state index in [1.54, 1.807) is 0 Å². The number of piperidine rings is 2. The minimum atomic E-state index is -0.212. The van der Waals surface area contributed by atoms with Crippen molar-refractivity contribution in [2.45, 2.75) is 58.9 Å². The fraction of sp³-hybridized carbons (Fsp3) is 0.696. The first-order valence-corrected chi connectivity index (χ1v) is 11.4. The zero-order valence-corrected chi connectivity index (χ0v) is 21.6. The van der Waals surface area contributed by atoms with Crippen molar-refractivity contribution in [1.29, 1.82) is 0 Å². The van der Waals surface area contributed by atoms with Crippen molar-refractivity contribution in [3.8, 4) is 0 Å². The van der Waals surface area contributed by atoms with Crippen molar-refractivity contribution in [3.63, 3.8) is 0 Å². The highest BCUT2D eigenvalue weighted by Gasteiger charge is 2.31. The van der Waals surface area contributed by atoms with Crippen LogP contribution in [0.5, 0.6) is 0 Å². The zero-order chi connectivity index (χ0) is 21.6. The predicted molar refractivity (Wildman–Crippen MR) is 138 cm³/mol. The lowest BCUT2D eigenvalue weighted by Crippen LogP contribution is -2.49. The van der Waals surface area contributed by atoms with Gasteiger partial charge in [-0.05, 0) is 43.6 Å². The van der Waals surface area contributed by atoms with Crippen LogP contribution in [0.2, 0.25) is 0 Å². The second-order valence-electron chi connectivity index (χ2n) is 9.16. The highest BCUT2D eigenvalue weighted by atomic mass is 127. The van der Waals surface area contributed by atoms with Crippen LogP contribution in [0.15, 0.2) is 23.3 Å². The van der Waals surface area contributed by atoms with Crippen LogP contribution in [0.3, 0.4) is 0 Å². The van der Waals surface area contributed by atoms with Crippen molar-refractivity contribution in [2.24, 2.45) is 22.1 Å². The maximum absolute atomic E-state index is 11.7. The number of hydrogen-bond acceptors (Lipinski definition) is 4. The Morgan fingerprint density at radius 3 is 2.90 bits per heavy atom. The van der Waals surface area contributed by atoms with Gasteiger partial charge in [-0.15, -0.1) is 24.0 Å². The highest BCUT2D eigenvalue weighted by molar-refractivity contribution is 14.0. The maximum atomic E-state index is 11.7. The molecule has 2 aliphatic heterocycles. The molecule has 1 aromatic rings. The molecular formula is C23H39IN6O. The van der Waals surface area contributed by atoms with E-state index in [-0.39, 0.29) is 35.8 Å². The fourth-order valence-electron chi connectivity index (χ4n) is 5.07. The van der Waals surface area contributed by atoms with Gasteiger partial charge in [0.15, 0.2) is 5.96 Å². The van der Waals surface area contributed by atoms with E-state index in [0.29, 0.717) is 18.5 Å². The number of aromatic nitrogens is 1. The van der Waals surface area contributed by atoms with Crippen LogP contribution >= 0.6 is 24.0 Å². The monoisotopic (exact) mass is 542 g/mol. The van der Waals surface area contributed by atoms with Gasteiger partial charge in [0, 0.05) is 51.5 Å². The predicted octanol–water partition coefficient (Wildman–Crippen LogP) is 3.38. The van der Waals surface area contributed by atoms with Crippen LogP contribution in [-0.4, -0.2) is 55.0 Å². The Hall–Kier alpha value is -1.58. The number of rotatable bonds is 6. The molecule has 0 radical (unpaired) electrons. The number of nitrogens with two attached hydrogens (primary N) is 1. The molecule has 0 saturated carbocycles. The molecule has 0 aliphatic carbocycles. The van der Waals surface area contributed by atoms with E-state index in [2.05, 4.69) is 45.0 Å². The average Bonchev–Trinajstić information content (AvgIpc) is 2.74. The third kappa shape index (κ3) is 6.70. The molecule has 3 rings (SSSR count). The minimum Gasteiger partial charge on any atom is -0.369 e. The van der Waals surface area contributed by atoms with Crippen LogP contribution in [0, 0.1) is 11.3 Å². The van der Waals surface area contributed by atoms with Gasteiger partial charge in [-0.1, -0.05) is 26.3 Å². The number of carbonyl (C=O) groups excluding carboxylic acids is 1. The lowest BCUT2D eigenvalue weighted by molar-refractivity contribution is -0.122. The SMILES string of the molecule is CCCC1(C)CCCN(C(=NC)NCc2cccnc2N2CCCC(C(N)=O)C2)C1.I. The Labute approximate surface area is 204 Å². The lowest BCUT2D eigenvalue weighted by atomic mass is 9.78. The molecule has 2 fully saturated rings. The van der Waals surface area contributed by atoms with Crippen LogP contribution in [0.4, 0.5) is 5.82 Å². The van der Waals surface area contributed by atoms with E-state index >= 15 is 0 Å². The van der Waals surface area contributed by atoms with Crippen molar-refractivity contribution in [3.05, 3.63) is 23.9 Å². The van der Waals surface area contributed by atoms with Crippen LogP contribution in [-0.2, 0) is 11.3 Å². The summed E-state index contributed by atoms with van der Waals surface area (Å²) >= 11 is 0. The smallest absolute Gasteiger partial charge is 0.222 e. The third-order valence-electron chi connectivity index (χ3n) is 6.57. The van der Waals surface area contributed by atoms with Crippen molar-refractivity contribution in [1.82, 2.24) is 15.2 Å². The standard InChI is InChI=1S/C23H38N6O.HI/c1-4-10-23(2)11-7-14-29(17-23)22(25-3)27-15-18-8-5-12-26-21(18)28-13-6-9-19(16-28)20(24)30;/h5,8,12,19H,4,6-7,9-11,13-17H2,1-3H3,(H2,24,30)(H,25,27);1H. The van der Waals surface area contributed by atoms with Crippen molar-refractivity contribution in [2.75, 3.05) is 38.1 Å². The van der Waals surface area contributed by atoms with Crippen LogP contribution < -0.4 is 16.0 Å². The van der Waals surface area contributed by atoms with Gasteiger partial charge in [0.2, 0.25) is 5.91 Å². The van der Waals surface area contributed by atoms with Crippen LogP contribution in [0.25, 0.3) is 0 Å². The summed E-state index contributed by atoms with van der Waals surface area (Å²) < 4.78 is 0. The van der Waals surface area contributed by atoms with Gasteiger partial charge in [0.1, 0.15) is 5.82 Å². The van der Waals surface area contributed by atoms with E-state index in [4.69, 9.17) is 5.73 Å². The number of nitrogens with zero attached hydrogens (tertiary/aromatic N) is 4. The van der Waals surface area contributed by atoms with Gasteiger partial charge in [0.05, 0.1) is 5.92 Å². The summed E-state index contributed by atoms with van der Waals surface area (Å²) in [5, 5.41) is 3.57. The molecule has 0 aromatic carbocycles. The highest BCUT2D eigenvalue weighted by Crippen LogP contribution is 2.34. The van der Waals surface area contributed by atoms with Gasteiger partial charge in [-0.25, -0.2) is 4.98 Å². The van der Waals surface area contributed by atoms with Gasteiger partial charge >= 0.3 is 0 Å². The molecule has 2 atom stereocenters. The number of carbonyl (C=O) groups is 1. The summed E-state index contributed by atoms with van der Waals surface area (Å²) in [4.78, 5) is 25.5. The van der Waals surface area contributed by atoms with Crippen molar-refractivity contribution < 1.29 is 4.79 Å². The normalized spacial score (nSPS) is 24.5. The quantitative estimate of drug-likeness (QED) is 0.327. The number of aliphatic imine (C=N–C) groups is 1. The molecule has 3 N–H and O–H groups in total. The Kier molecular flexibility index (Phi) is 9.84. The molecule has 2 saturated heterocycles. The molecule has 174 valence electrons. The summed E-state index contributed by atoms with van der Waals surface area (Å²) in [7, 11) is 1.86. The first-order valence-electron chi connectivity index (χ1n) is 11.4. The molecule has 1 amide bonds. The van der Waals surface area contributed by atoms with Crippen molar-refractivity contribution >= 4 is 41.7 Å². The second-order valence-corrected chi connectivity index (χ2v) is 9.16. The number of primary amides is 1. The van der Waals surface area contributed by atoms with E-state index in [9.17, 15) is 4.79 Å². The Morgan fingerprint density at radius 2 is 2.19 bits per heavy atom. The topological polar surface area (TPSA) is 86.8 Å². The summed E-state index contributed by atoms with van der Waals surface area (Å²) in [6.07, 6.45) is 8.62. The number of guanidine groups is 1. The van der Waals surface area contributed by atoms with E-state index in [1.807, 2.05) is 19.3 Å². The maximum Gasteiger partial charge on any atom is 0.222 e. The molecule has 0 spiro atoms. The third-order valence-corrected chi connectivity index (χ3v) is 6.57. The fourth-order valence-corrected chi connectivity index (χ4v) is 5.07. The number of pyridine rings is 1. The number of halogens is 1. The lowest BCUT2D eigenvalue weighted by Gasteiger charge is -2.42. The van der Waals surface area contributed by atoms with Gasteiger partial charge < -0.3 is 20.9 Å². The number of anilines is 1. The zero-order valence-electron chi connectivity index (χ0n) is 19.3. The summed E-state index contributed by atoms with van der Waals surface area (Å²) in [6, 6.07) is 4.08. The Morgan fingerprint density at radius 1 is 1.39 bits per heavy atom. The van der Waals surface area contributed by atoms with E-state index in [1.165, 1.54) is 25.7 Å². The van der Waals surface area contributed by atoms with E-state index < -0.39 is 0 Å². The Balaban J connectivity index is 0.00000341. The van der Waals surface area contributed by atoms with Gasteiger partial charge in [0.25, 0.3) is 0 Å². The largest absolute Gasteiger partial charge is 0.369 e. The summed E-state index contributed by atoms with van der Waals surface area (Å²) in [5.41, 5.74) is 7.05. The van der Waals surface area contributed by atoms with E-state index in [0.717, 1.165) is 49.8 Å². The molecule has 31 heavy (non-hydrogen) atoms. The number of amides is 1. The molecule has 2 aliphatic rings. The van der Waals surface area contributed by atoms with Gasteiger partial charge in [-0.2, -0.15) is 0 Å². The average molecular weight is 543 g/mol. The number of hydrogen-bond donors (Lipinski definition) is 2. The first kappa shape index (κ1) is 25.7. The molecule has 7 nitrogen and oxygen atoms in total. The molecule has 3 heterocycles. The summed E-state index contributed by atoms with van der Waals surface area (Å²) in [6.45, 7) is 8.98. The molecular weight excluding hydrogens is 503 g/mol. The molecule has 1 aromatic heterocycles. The van der Waals surface area contributed by atoms with Gasteiger partial charge in [-0.3, -0.25) is 9.79 Å². The molecule has 8 heteroatoms. The Bertz CT molecular complexity index is 753. The number of likely N-dealkylation sites (tertiary alicyclic amines) is 1. The molecule has 2 unspecified atom stereocenters.